The zero-order valence-corrected chi connectivity index (χ0v) is 15.0. The molecule has 1 aromatic carbocycles. The van der Waals surface area contributed by atoms with E-state index >= 15 is 0 Å². The summed E-state index contributed by atoms with van der Waals surface area (Å²) in [6.45, 7) is 4.78. The molecular formula is C20H27N3O2. The van der Waals surface area contributed by atoms with Gasteiger partial charge in [-0.1, -0.05) is 19.9 Å². The number of nitrogens with two attached hydrogens (primary N) is 1. The Labute approximate surface area is 148 Å². The normalized spacial score (nSPS) is 38.4. The third kappa shape index (κ3) is 3.00. The Morgan fingerprint density at radius 2 is 1.76 bits per heavy atom. The smallest absolute Gasteiger partial charge is 0.319 e. The number of nitrogens with one attached hydrogen (secondary N) is 2. The molecule has 4 aliphatic rings. The molecule has 5 heteroatoms. The highest BCUT2D eigenvalue weighted by Gasteiger charge is 2.60. The Bertz CT molecular complexity index is 726. The zero-order chi connectivity index (χ0) is 17.9. The van der Waals surface area contributed by atoms with Gasteiger partial charge in [0.05, 0.1) is 0 Å². The summed E-state index contributed by atoms with van der Waals surface area (Å²) in [6.07, 6.45) is 7.11. The first kappa shape index (κ1) is 16.4. The van der Waals surface area contributed by atoms with Crippen LogP contribution >= 0.6 is 0 Å². The van der Waals surface area contributed by atoms with E-state index in [4.69, 9.17) is 5.73 Å². The summed E-state index contributed by atoms with van der Waals surface area (Å²) >= 11 is 0. The topological polar surface area (TPSA) is 84.2 Å². The van der Waals surface area contributed by atoms with Crippen molar-refractivity contribution in [1.82, 2.24) is 5.32 Å². The number of amides is 3. The third-order valence-electron chi connectivity index (χ3n) is 6.41. The molecular weight excluding hydrogens is 314 g/mol. The molecule has 0 saturated heterocycles. The molecule has 4 N–H and O–H groups in total. The first-order valence-corrected chi connectivity index (χ1v) is 9.18. The molecule has 134 valence electrons. The summed E-state index contributed by atoms with van der Waals surface area (Å²) in [7, 11) is 0. The Morgan fingerprint density at radius 3 is 2.36 bits per heavy atom. The molecule has 5 nitrogen and oxygen atoms in total. The number of anilines is 1. The lowest BCUT2D eigenvalue weighted by Gasteiger charge is -2.65. The molecule has 4 saturated carbocycles. The van der Waals surface area contributed by atoms with E-state index in [2.05, 4.69) is 24.5 Å². The van der Waals surface area contributed by atoms with Crippen LogP contribution in [0.4, 0.5) is 10.5 Å². The van der Waals surface area contributed by atoms with Crippen LogP contribution in [0.15, 0.2) is 24.3 Å². The molecule has 1 aromatic rings. The molecule has 0 heterocycles. The Morgan fingerprint density at radius 1 is 1.08 bits per heavy atom. The van der Waals surface area contributed by atoms with Gasteiger partial charge < -0.3 is 16.4 Å². The van der Waals surface area contributed by atoms with E-state index in [1.165, 1.54) is 19.3 Å². The highest BCUT2D eigenvalue weighted by molar-refractivity contribution is 5.96. The van der Waals surface area contributed by atoms with E-state index in [-0.39, 0.29) is 11.6 Å². The molecule has 0 radical (unpaired) electrons. The van der Waals surface area contributed by atoms with Gasteiger partial charge >= 0.3 is 6.03 Å². The summed E-state index contributed by atoms with van der Waals surface area (Å²) in [5, 5.41) is 6.19. The second-order valence-electron chi connectivity index (χ2n) is 9.43. The van der Waals surface area contributed by atoms with Crippen LogP contribution in [0.5, 0.6) is 0 Å². The van der Waals surface area contributed by atoms with Gasteiger partial charge in [0.1, 0.15) is 0 Å². The molecule has 0 aromatic heterocycles. The maximum atomic E-state index is 12.6. The number of carbonyl (C=O) groups is 2. The van der Waals surface area contributed by atoms with Crippen LogP contribution in [-0.2, 0) is 0 Å². The van der Waals surface area contributed by atoms with Gasteiger partial charge in [-0.2, -0.15) is 0 Å². The monoisotopic (exact) mass is 341 g/mol. The van der Waals surface area contributed by atoms with Crippen molar-refractivity contribution in [2.45, 2.75) is 57.9 Å². The predicted molar refractivity (Wildman–Crippen MR) is 97.3 cm³/mol. The average molecular weight is 341 g/mol. The predicted octanol–water partition coefficient (Wildman–Crippen LogP) is 3.66. The SMILES string of the molecule is C[C@]12CC3CC(NC(=O)Nc4cccc(C(N)=O)c4)(C1)C[C@@](C)(C3)C2. The molecule has 3 amide bonds. The fourth-order valence-electron chi connectivity index (χ4n) is 6.74. The van der Waals surface area contributed by atoms with E-state index in [0.29, 0.717) is 22.1 Å². The van der Waals surface area contributed by atoms with Crippen molar-refractivity contribution in [3.63, 3.8) is 0 Å². The van der Waals surface area contributed by atoms with Gasteiger partial charge in [0, 0.05) is 16.8 Å². The van der Waals surface area contributed by atoms with Crippen LogP contribution in [0.1, 0.15) is 62.7 Å². The molecule has 4 bridgehead atoms. The number of hydrogen-bond donors (Lipinski definition) is 3. The Kier molecular flexibility index (Phi) is 3.44. The number of urea groups is 1. The van der Waals surface area contributed by atoms with Crippen LogP contribution in [0, 0.1) is 16.7 Å². The Hall–Kier alpha value is -2.04. The quantitative estimate of drug-likeness (QED) is 0.784. The summed E-state index contributed by atoms with van der Waals surface area (Å²) in [4.78, 5) is 24.0. The summed E-state index contributed by atoms with van der Waals surface area (Å²) in [5.74, 6) is 0.232. The van der Waals surface area contributed by atoms with Gasteiger partial charge in [-0.3, -0.25) is 4.79 Å². The van der Waals surface area contributed by atoms with Crippen molar-refractivity contribution < 1.29 is 9.59 Å². The molecule has 0 spiro atoms. The first-order chi connectivity index (χ1) is 11.7. The van der Waals surface area contributed by atoms with Crippen molar-refractivity contribution in [2.24, 2.45) is 22.5 Å². The number of benzene rings is 1. The van der Waals surface area contributed by atoms with Crippen molar-refractivity contribution in [3.8, 4) is 0 Å². The molecule has 5 rings (SSSR count). The van der Waals surface area contributed by atoms with Crippen molar-refractivity contribution in [1.29, 1.82) is 0 Å². The van der Waals surface area contributed by atoms with E-state index < -0.39 is 5.91 Å². The van der Waals surface area contributed by atoms with Gasteiger partial charge in [0.2, 0.25) is 5.91 Å². The summed E-state index contributed by atoms with van der Waals surface area (Å²) in [6, 6.07) is 6.57. The maximum absolute atomic E-state index is 12.6. The van der Waals surface area contributed by atoms with Gasteiger partial charge in [0.25, 0.3) is 0 Å². The van der Waals surface area contributed by atoms with Gasteiger partial charge in [-0.15, -0.1) is 0 Å². The highest BCUT2D eigenvalue weighted by Crippen LogP contribution is 2.66. The Balaban J connectivity index is 1.49. The fourth-order valence-corrected chi connectivity index (χ4v) is 6.74. The lowest BCUT2D eigenvalue weighted by molar-refractivity contribution is -0.113. The molecule has 2 unspecified atom stereocenters. The summed E-state index contributed by atoms with van der Waals surface area (Å²) in [5.41, 5.74) is 6.92. The van der Waals surface area contributed by atoms with Crippen LogP contribution in [0.3, 0.4) is 0 Å². The van der Waals surface area contributed by atoms with Crippen molar-refractivity contribution >= 4 is 17.6 Å². The van der Waals surface area contributed by atoms with Gasteiger partial charge in [0.15, 0.2) is 0 Å². The minimum atomic E-state index is -0.494. The molecule has 4 fully saturated rings. The van der Waals surface area contributed by atoms with Crippen molar-refractivity contribution in [2.75, 3.05) is 5.32 Å². The van der Waals surface area contributed by atoms with E-state index in [1.54, 1.807) is 24.3 Å². The molecule has 0 aliphatic heterocycles. The lowest BCUT2D eigenvalue weighted by Crippen LogP contribution is -2.65. The van der Waals surface area contributed by atoms with Gasteiger partial charge in [-0.05, 0) is 73.5 Å². The van der Waals surface area contributed by atoms with Crippen molar-refractivity contribution in [3.05, 3.63) is 29.8 Å². The van der Waals surface area contributed by atoms with Crippen LogP contribution in [0.25, 0.3) is 0 Å². The standard InChI is InChI=1S/C20H27N3O2/c1-18-7-13-8-19(2,10-18)12-20(9-13,11-18)23-17(25)22-15-5-3-4-14(6-15)16(21)24/h3-6,13H,7-12H2,1-2H3,(H2,21,24)(H2,22,23,25)/t13?,18-,19+,20?. The van der Waals surface area contributed by atoms with E-state index in [1.807, 2.05) is 0 Å². The minimum Gasteiger partial charge on any atom is -0.366 e. The molecule has 25 heavy (non-hydrogen) atoms. The number of carbonyl (C=O) groups excluding carboxylic acids is 2. The van der Waals surface area contributed by atoms with E-state index in [9.17, 15) is 9.59 Å². The van der Waals surface area contributed by atoms with E-state index in [0.717, 1.165) is 25.2 Å². The molecule has 4 aliphatic carbocycles. The average Bonchev–Trinajstić information content (AvgIpc) is 2.42. The minimum absolute atomic E-state index is 0.0890. The first-order valence-electron chi connectivity index (χ1n) is 9.18. The van der Waals surface area contributed by atoms with Crippen LogP contribution in [0.2, 0.25) is 0 Å². The second kappa shape index (κ2) is 5.23. The fraction of sp³-hybridized carbons (Fsp3) is 0.600. The second-order valence-corrected chi connectivity index (χ2v) is 9.43. The lowest BCUT2D eigenvalue weighted by atomic mass is 9.43. The van der Waals surface area contributed by atoms with Crippen LogP contribution < -0.4 is 16.4 Å². The number of rotatable bonds is 3. The zero-order valence-electron chi connectivity index (χ0n) is 15.0. The molecule has 4 atom stereocenters. The van der Waals surface area contributed by atoms with Gasteiger partial charge in [-0.25, -0.2) is 4.79 Å². The third-order valence-corrected chi connectivity index (χ3v) is 6.41. The largest absolute Gasteiger partial charge is 0.366 e. The highest BCUT2D eigenvalue weighted by atomic mass is 16.2. The number of primary amides is 1. The van der Waals surface area contributed by atoms with Crippen LogP contribution in [-0.4, -0.2) is 17.5 Å². The number of hydrogen-bond acceptors (Lipinski definition) is 2. The maximum Gasteiger partial charge on any atom is 0.319 e. The summed E-state index contributed by atoms with van der Waals surface area (Å²) < 4.78 is 0.